The predicted molar refractivity (Wildman–Crippen MR) is 152 cm³/mol. The average molecular weight is 491 g/mol. The van der Waals surface area contributed by atoms with E-state index < -0.39 is 0 Å². The van der Waals surface area contributed by atoms with Gasteiger partial charge in [0.2, 0.25) is 0 Å². The second-order valence-electron chi connectivity index (χ2n) is 11.6. The normalized spacial score (nSPS) is 24.5. The molecule has 0 spiro atoms. The van der Waals surface area contributed by atoms with Gasteiger partial charge < -0.3 is 9.47 Å². The van der Waals surface area contributed by atoms with Crippen molar-refractivity contribution >= 4 is 0 Å². The van der Waals surface area contributed by atoms with E-state index in [1.54, 1.807) is 5.56 Å². The summed E-state index contributed by atoms with van der Waals surface area (Å²) in [7, 11) is 0. The minimum Gasteiger partial charge on any atom is -0.494 e. The fraction of sp³-hybridized carbons (Fsp3) is 0.647. The first-order chi connectivity index (χ1) is 17.7. The SMILES string of the molecule is CCCCCOCCCCOc1ccc(C2CCC(C3CCC(c4ccc(C)cc4)CC3)CC2)cc1. The van der Waals surface area contributed by atoms with Crippen LogP contribution in [0.1, 0.15) is 119 Å². The van der Waals surface area contributed by atoms with Gasteiger partial charge in [0.1, 0.15) is 5.75 Å². The van der Waals surface area contributed by atoms with Crippen molar-refractivity contribution in [2.24, 2.45) is 11.8 Å². The van der Waals surface area contributed by atoms with E-state index in [1.165, 1.54) is 81.8 Å². The summed E-state index contributed by atoms with van der Waals surface area (Å²) < 4.78 is 11.7. The Bertz CT molecular complexity index is 840. The molecule has 36 heavy (non-hydrogen) atoms. The number of unbranched alkanes of at least 4 members (excludes halogenated alkanes) is 3. The fourth-order valence-corrected chi connectivity index (χ4v) is 6.58. The van der Waals surface area contributed by atoms with E-state index in [2.05, 4.69) is 62.4 Å². The molecule has 198 valence electrons. The Morgan fingerprint density at radius 1 is 0.583 bits per heavy atom. The van der Waals surface area contributed by atoms with E-state index in [0.29, 0.717) is 0 Å². The Kier molecular flexibility index (Phi) is 11.2. The van der Waals surface area contributed by atoms with Crippen LogP contribution >= 0.6 is 0 Å². The van der Waals surface area contributed by atoms with Crippen molar-refractivity contribution in [2.75, 3.05) is 19.8 Å². The second kappa shape index (κ2) is 14.8. The molecule has 0 heterocycles. The van der Waals surface area contributed by atoms with Crippen LogP contribution in [0.15, 0.2) is 48.5 Å². The first kappa shape index (κ1) is 27.2. The lowest BCUT2D eigenvalue weighted by Crippen LogP contribution is -2.25. The molecule has 2 aromatic rings. The summed E-state index contributed by atoms with van der Waals surface area (Å²) in [5.74, 6) is 4.47. The van der Waals surface area contributed by atoms with Crippen LogP contribution in [0.3, 0.4) is 0 Å². The van der Waals surface area contributed by atoms with Crippen LogP contribution in [0.25, 0.3) is 0 Å². The molecule has 0 saturated heterocycles. The summed E-state index contributed by atoms with van der Waals surface area (Å²) in [6, 6.07) is 18.3. The summed E-state index contributed by atoms with van der Waals surface area (Å²) in [4.78, 5) is 0. The van der Waals surface area contributed by atoms with Crippen LogP contribution in [0.2, 0.25) is 0 Å². The molecule has 2 heteroatoms. The minimum absolute atomic E-state index is 0.740. The Hall–Kier alpha value is -1.80. The highest BCUT2D eigenvalue weighted by molar-refractivity contribution is 5.30. The van der Waals surface area contributed by atoms with Crippen LogP contribution in [-0.4, -0.2) is 19.8 Å². The number of rotatable bonds is 13. The van der Waals surface area contributed by atoms with E-state index in [-0.39, 0.29) is 0 Å². The number of hydrogen-bond donors (Lipinski definition) is 0. The quantitative estimate of drug-likeness (QED) is 0.260. The van der Waals surface area contributed by atoms with Crippen LogP contribution in [0.4, 0.5) is 0 Å². The first-order valence-corrected chi connectivity index (χ1v) is 15.1. The van der Waals surface area contributed by atoms with Gasteiger partial charge in [-0.15, -0.1) is 0 Å². The average Bonchev–Trinajstić information content (AvgIpc) is 2.93. The largest absolute Gasteiger partial charge is 0.494 e. The van der Waals surface area contributed by atoms with Crippen molar-refractivity contribution in [3.63, 3.8) is 0 Å². The summed E-state index contributed by atoms with van der Waals surface area (Å²) >= 11 is 0. The molecule has 2 aliphatic rings. The molecule has 0 aliphatic heterocycles. The van der Waals surface area contributed by atoms with Crippen LogP contribution in [-0.2, 0) is 4.74 Å². The highest BCUT2D eigenvalue weighted by Gasteiger charge is 2.31. The third kappa shape index (κ3) is 8.37. The van der Waals surface area contributed by atoms with Gasteiger partial charge in [0, 0.05) is 13.2 Å². The molecule has 0 bridgehead atoms. The summed E-state index contributed by atoms with van der Waals surface area (Å²) in [5, 5.41) is 0. The van der Waals surface area contributed by atoms with E-state index >= 15 is 0 Å². The van der Waals surface area contributed by atoms with Crippen molar-refractivity contribution in [2.45, 2.75) is 109 Å². The molecule has 2 aromatic carbocycles. The first-order valence-electron chi connectivity index (χ1n) is 15.1. The highest BCUT2D eigenvalue weighted by Crippen LogP contribution is 2.45. The molecule has 0 aromatic heterocycles. The zero-order valence-electron chi connectivity index (χ0n) is 23.1. The van der Waals surface area contributed by atoms with E-state index in [0.717, 1.165) is 62.1 Å². The summed E-state index contributed by atoms with van der Waals surface area (Å²) in [6.07, 6.45) is 17.1. The summed E-state index contributed by atoms with van der Waals surface area (Å²) in [5.41, 5.74) is 4.46. The third-order valence-corrected chi connectivity index (χ3v) is 8.95. The van der Waals surface area contributed by atoms with Gasteiger partial charge in [0.25, 0.3) is 0 Å². The van der Waals surface area contributed by atoms with E-state index in [4.69, 9.17) is 9.47 Å². The van der Waals surface area contributed by atoms with Gasteiger partial charge in [-0.1, -0.05) is 61.7 Å². The maximum Gasteiger partial charge on any atom is 0.119 e. The maximum absolute atomic E-state index is 5.98. The van der Waals surface area contributed by atoms with Gasteiger partial charge in [0.15, 0.2) is 0 Å². The molecule has 2 fully saturated rings. The van der Waals surface area contributed by atoms with Crippen LogP contribution in [0.5, 0.6) is 5.75 Å². The molecular weight excluding hydrogens is 440 g/mol. The number of aryl methyl sites for hydroxylation is 1. The van der Waals surface area contributed by atoms with Gasteiger partial charge in [0.05, 0.1) is 6.61 Å². The zero-order chi connectivity index (χ0) is 25.0. The predicted octanol–water partition coefficient (Wildman–Crippen LogP) is 9.61. The van der Waals surface area contributed by atoms with Crippen LogP contribution in [0, 0.1) is 18.8 Å². The molecule has 0 radical (unpaired) electrons. The van der Waals surface area contributed by atoms with Crippen LogP contribution < -0.4 is 4.74 Å². The summed E-state index contributed by atoms with van der Waals surface area (Å²) in [6.45, 7) is 6.98. The van der Waals surface area contributed by atoms with Gasteiger partial charge in [-0.3, -0.25) is 0 Å². The van der Waals surface area contributed by atoms with E-state index in [1.807, 2.05) is 0 Å². The van der Waals surface area contributed by atoms with E-state index in [9.17, 15) is 0 Å². The Labute approximate surface area is 221 Å². The molecule has 0 N–H and O–H groups in total. The molecule has 2 aliphatic carbocycles. The topological polar surface area (TPSA) is 18.5 Å². The number of hydrogen-bond acceptors (Lipinski definition) is 2. The Morgan fingerprint density at radius 2 is 1.06 bits per heavy atom. The number of ether oxygens (including phenoxy) is 2. The molecule has 0 unspecified atom stereocenters. The van der Waals surface area contributed by atoms with Crippen molar-refractivity contribution in [3.05, 3.63) is 65.2 Å². The van der Waals surface area contributed by atoms with Crippen molar-refractivity contribution in [3.8, 4) is 5.75 Å². The minimum atomic E-state index is 0.740. The Morgan fingerprint density at radius 3 is 1.58 bits per heavy atom. The molecule has 2 saturated carbocycles. The van der Waals surface area contributed by atoms with Gasteiger partial charge in [-0.05, 0) is 124 Å². The lowest BCUT2D eigenvalue weighted by Gasteiger charge is -2.38. The maximum atomic E-state index is 5.98. The third-order valence-electron chi connectivity index (χ3n) is 8.95. The molecule has 0 atom stereocenters. The molecule has 0 amide bonds. The Balaban J connectivity index is 1.11. The highest BCUT2D eigenvalue weighted by atomic mass is 16.5. The molecule has 2 nitrogen and oxygen atoms in total. The lowest BCUT2D eigenvalue weighted by atomic mass is 9.67. The molecule has 4 rings (SSSR count). The zero-order valence-corrected chi connectivity index (χ0v) is 23.1. The van der Waals surface area contributed by atoms with Gasteiger partial charge in [-0.2, -0.15) is 0 Å². The van der Waals surface area contributed by atoms with Crippen molar-refractivity contribution in [1.29, 1.82) is 0 Å². The standard InChI is InChI=1S/C34H50O2/c1-3-4-5-24-35-25-6-7-26-36-34-22-20-33(21-23-34)32-18-16-31(17-19-32)30-14-12-29(13-15-30)28-10-8-27(2)9-11-28/h8-11,20-23,29-32H,3-7,12-19,24-26H2,1-2H3. The number of benzene rings is 2. The van der Waals surface area contributed by atoms with Gasteiger partial charge >= 0.3 is 0 Å². The van der Waals surface area contributed by atoms with Gasteiger partial charge in [-0.25, -0.2) is 0 Å². The monoisotopic (exact) mass is 490 g/mol. The fourth-order valence-electron chi connectivity index (χ4n) is 6.58. The lowest BCUT2D eigenvalue weighted by molar-refractivity contribution is 0.123. The van der Waals surface area contributed by atoms with Crippen molar-refractivity contribution < 1.29 is 9.47 Å². The van der Waals surface area contributed by atoms with Crippen molar-refractivity contribution in [1.82, 2.24) is 0 Å². The molecular formula is C34H50O2. The smallest absolute Gasteiger partial charge is 0.119 e. The second-order valence-corrected chi connectivity index (χ2v) is 11.6.